The number of ether oxygens (including phenoxy) is 1. The summed E-state index contributed by atoms with van der Waals surface area (Å²) >= 11 is 0. The van der Waals surface area contributed by atoms with Gasteiger partial charge in [0.2, 0.25) is 0 Å². The van der Waals surface area contributed by atoms with Crippen LogP contribution in [0.1, 0.15) is 70.7 Å². The van der Waals surface area contributed by atoms with Gasteiger partial charge in [0, 0.05) is 12.4 Å². The Hall–Kier alpha value is -2.93. The number of carboxylic acid groups (broad SMARTS) is 1. The fraction of sp³-hybridized carbons (Fsp3) is 0.500. The predicted molar refractivity (Wildman–Crippen MR) is 128 cm³/mol. The quantitative estimate of drug-likeness (QED) is 0.646. The zero-order valence-electron chi connectivity index (χ0n) is 20.0. The highest BCUT2D eigenvalue weighted by atomic mass is 16.6. The van der Waals surface area contributed by atoms with Gasteiger partial charge in [0.1, 0.15) is 5.60 Å². The van der Waals surface area contributed by atoms with Gasteiger partial charge in [0.05, 0.1) is 28.8 Å². The van der Waals surface area contributed by atoms with Crippen molar-refractivity contribution in [3.63, 3.8) is 0 Å². The van der Waals surface area contributed by atoms with Crippen molar-refractivity contribution in [3.8, 4) is 0 Å². The average Bonchev–Trinajstić information content (AvgIpc) is 2.76. The number of aliphatic hydroxyl groups is 1. The van der Waals surface area contributed by atoms with Crippen LogP contribution < -0.4 is 0 Å². The third kappa shape index (κ3) is 5.90. The molecule has 0 unspecified atom stereocenters. The van der Waals surface area contributed by atoms with Gasteiger partial charge in [-0.2, -0.15) is 0 Å². The number of aromatic nitrogens is 1. The van der Waals surface area contributed by atoms with Gasteiger partial charge < -0.3 is 19.8 Å². The summed E-state index contributed by atoms with van der Waals surface area (Å²) < 4.78 is 5.46. The number of aliphatic carboxylic acids is 1. The highest BCUT2D eigenvalue weighted by Gasteiger charge is 2.39. The van der Waals surface area contributed by atoms with Crippen molar-refractivity contribution >= 4 is 29.0 Å². The first-order valence-electron chi connectivity index (χ1n) is 11.4. The zero-order chi connectivity index (χ0) is 24.4. The third-order valence-corrected chi connectivity index (χ3v) is 6.30. The molecule has 178 valence electrons. The third-order valence-electron chi connectivity index (χ3n) is 6.30. The number of nitrogens with zero attached hydrogens (tertiary/aromatic N) is 2. The van der Waals surface area contributed by atoms with Gasteiger partial charge in [-0.25, -0.2) is 4.79 Å². The molecule has 1 aliphatic rings. The molecule has 1 atom stereocenters. The number of rotatable bonds is 5. The van der Waals surface area contributed by atoms with Crippen molar-refractivity contribution in [2.75, 3.05) is 7.05 Å². The van der Waals surface area contributed by atoms with Crippen LogP contribution in [0.4, 0.5) is 4.79 Å². The maximum atomic E-state index is 12.4. The van der Waals surface area contributed by atoms with E-state index in [9.17, 15) is 19.8 Å². The second-order valence-electron chi connectivity index (χ2n) is 9.98. The summed E-state index contributed by atoms with van der Waals surface area (Å²) in [5, 5.41) is 20.5. The van der Waals surface area contributed by atoms with Gasteiger partial charge in [-0.15, -0.1) is 0 Å². The zero-order valence-corrected chi connectivity index (χ0v) is 20.0. The van der Waals surface area contributed by atoms with E-state index < -0.39 is 29.2 Å². The minimum atomic E-state index is -0.950. The number of hydrogen-bond donors (Lipinski definition) is 2. The molecule has 1 amide bonds. The summed E-state index contributed by atoms with van der Waals surface area (Å²) in [7, 11) is 1.69. The van der Waals surface area contributed by atoms with Crippen LogP contribution in [0.5, 0.6) is 0 Å². The minimum absolute atomic E-state index is 0.285. The molecular weight excluding hydrogens is 420 g/mol. The molecule has 3 rings (SSSR count). The Bertz CT molecular complexity index is 1050. The van der Waals surface area contributed by atoms with E-state index in [-0.39, 0.29) is 6.04 Å². The van der Waals surface area contributed by atoms with E-state index in [1.54, 1.807) is 13.1 Å². The maximum absolute atomic E-state index is 12.4. The van der Waals surface area contributed by atoms with E-state index in [4.69, 9.17) is 9.72 Å². The Labute approximate surface area is 195 Å². The van der Waals surface area contributed by atoms with Gasteiger partial charge in [-0.1, -0.05) is 30.4 Å². The van der Waals surface area contributed by atoms with Crippen LogP contribution in [0.3, 0.4) is 0 Å². The molecule has 1 saturated carbocycles. The average molecular weight is 455 g/mol. The van der Waals surface area contributed by atoms with Crippen molar-refractivity contribution in [1.29, 1.82) is 0 Å². The highest BCUT2D eigenvalue weighted by molar-refractivity contribution is 5.83. The SMILES string of the molecule is C[C@H](c1ccc2ccc(/C=C/[C@]3(C(=O)O)CC[C@@H](O)CC3)cc2n1)N(C)C(=O)OC(C)(C)C. The van der Waals surface area contributed by atoms with Crippen LogP contribution >= 0.6 is 0 Å². The summed E-state index contributed by atoms with van der Waals surface area (Å²) in [5.74, 6) is -0.856. The van der Waals surface area contributed by atoms with Crippen LogP contribution in [0.2, 0.25) is 0 Å². The molecule has 0 bridgehead atoms. The predicted octanol–water partition coefficient (Wildman–Crippen LogP) is 5.18. The molecule has 0 spiro atoms. The van der Waals surface area contributed by atoms with Crippen LogP contribution in [0, 0.1) is 5.41 Å². The minimum Gasteiger partial charge on any atom is -0.481 e. The van der Waals surface area contributed by atoms with Crippen LogP contribution in [-0.2, 0) is 9.53 Å². The van der Waals surface area contributed by atoms with Gasteiger partial charge >= 0.3 is 12.1 Å². The van der Waals surface area contributed by atoms with E-state index in [2.05, 4.69) is 0 Å². The van der Waals surface area contributed by atoms with Gasteiger partial charge in [0.25, 0.3) is 0 Å². The lowest BCUT2D eigenvalue weighted by molar-refractivity contribution is -0.148. The molecule has 2 N–H and O–H groups in total. The Morgan fingerprint density at radius 1 is 1.21 bits per heavy atom. The lowest BCUT2D eigenvalue weighted by atomic mass is 9.73. The van der Waals surface area contributed by atoms with Crippen LogP contribution in [0.25, 0.3) is 17.0 Å². The number of carbonyl (C=O) groups is 2. The summed E-state index contributed by atoms with van der Waals surface area (Å²) in [6, 6.07) is 9.38. The lowest BCUT2D eigenvalue weighted by Gasteiger charge is -2.32. The van der Waals surface area contributed by atoms with Crippen LogP contribution in [-0.4, -0.2) is 50.9 Å². The van der Waals surface area contributed by atoms with Crippen molar-refractivity contribution in [2.45, 2.75) is 71.1 Å². The Morgan fingerprint density at radius 3 is 2.45 bits per heavy atom. The van der Waals surface area contributed by atoms with E-state index >= 15 is 0 Å². The Kier molecular flexibility index (Phi) is 7.12. The first-order valence-corrected chi connectivity index (χ1v) is 11.4. The Balaban J connectivity index is 1.83. The fourth-order valence-corrected chi connectivity index (χ4v) is 4.00. The van der Waals surface area contributed by atoms with Crippen LogP contribution in [0.15, 0.2) is 36.4 Å². The molecule has 0 aliphatic heterocycles. The molecular formula is C26H34N2O5. The second-order valence-corrected chi connectivity index (χ2v) is 9.98. The van der Waals surface area contributed by atoms with Gasteiger partial charge in [-0.3, -0.25) is 9.78 Å². The topological polar surface area (TPSA) is 100.0 Å². The number of aliphatic hydroxyl groups excluding tert-OH is 1. The second kappa shape index (κ2) is 9.51. The summed E-state index contributed by atoms with van der Waals surface area (Å²) in [6.45, 7) is 7.39. The van der Waals surface area contributed by atoms with E-state index in [0.29, 0.717) is 25.7 Å². The smallest absolute Gasteiger partial charge is 0.410 e. The molecule has 0 radical (unpaired) electrons. The molecule has 1 heterocycles. The first kappa shape index (κ1) is 24.7. The molecule has 1 aromatic heterocycles. The van der Waals surface area contributed by atoms with Crippen molar-refractivity contribution in [3.05, 3.63) is 47.7 Å². The molecule has 0 saturated heterocycles. The van der Waals surface area contributed by atoms with Gasteiger partial charge in [0.15, 0.2) is 0 Å². The summed E-state index contributed by atoms with van der Waals surface area (Å²) in [6.07, 6.45) is 4.57. The van der Waals surface area contributed by atoms with Crippen molar-refractivity contribution in [1.82, 2.24) is 9.88 Å². The maximum Gasteiger partial charge on any atom is 0.410 e. The van der Waals surface area contributed by atoms with Gasteiger partial charge in [-0.05, 0) is 71.1 Å². The molecule has 33 heavy (non-hydrogen) atoms. The van der Waals surface area contributed by atoms with E-state index in [1.165, 1.54) is 4.90 Å². The monoisotopic (exact) mass is 454 g/mol. The molecule has 2 aromatic rings. The summed E-state index contributed by atoms with van der Waals surface area (Å²) in [5.41, 5.74) is 0.830. The largest absolute Gasteiger partial charge is 0.481 e. The number of pyridine rings is 1. The van der Waals surface area contributed by atoms with Crippen molar-refractivity contribution < 1.29 is 24.5 Å². The molecule has 7 nitrogen and oxygen atoms in total. The fourth-order valence-electron chi connectivity index (χ4n) is 4.00. The van der Waals surface area contributed by atoms with Crippen molar-refractivity contribution in [2.24, 2.45) is 5.41 Å². The number of carboxylic acids is 1. The lowest BCUT2D eigenvalue weighted by Crippen LogP contribution is -2.36. The Morgan fingerprint density at radius 2 is 1.85 bits per heavy atom. The van der Waals surface area contributed by atoms with E-state index in [0.717, 1.165) is 22.2 Å². The highest BCUT2D eigenvalue weighted by Crippen LogP contribution is 2.38. The number of hydrogen-bond acceptors (Lipinski definition) is 5. The summed E-state index contributed by atoms with van der Waals surface area (Å²) in [4.78, 5) is 30.7. The number of fused-ring (bicyclic) bond motifs is 1. The van der Waals surface area contributed by atoms with E-state index in [1.807, 2.05) is 64.1 Å². The molecule has 1 aromatic carbocycles. The molecule has 1 fully saturated rings. The first-order chi connectivity index (χ1) is 15.4. The number of amides is 1. The molecule has 7 heteroatoms. The standard InChI is InChI=1S/C26H34N2O5/c1-17(28(5)24(32)33-25(2,3)4)21-9-8-19-7-6-18(16-22(19)27-21)10-13-26(23(30)31)14-11-20(29)12-15-26/h6-10,13,16-17,20,29H,11-12,14-15H2,1-5H3,(H,30,31)/b13-10+/t17-,20-,26+/m1/s1. The molecule has 1 aliphatic carbocycles. The number of carbonyl (C=O) groups excluding carboxylic acids is 1. The normalized spacial score (nSPS) is 22.3. The number of benzene rings is 1.